The highest BCUT2D eigenvalue weighted by molar-refractivity contribution is 5.67. The molecular formula is C11H21NO4. The van der Waals surface area contributed by atoms with E-state index in [1.165, 1.54) is 0 Å². The maximum Gasteiger partial charge on any atom is 0.409 e. The second kappa shape index (κ2) is 5.50. The van der Waals surface area contributed by atoms with Gasteiger partial charge in [0.05, 0.1) is 6.61 Å². The molecule has 0 unspecified atom stereocenters. The van der Waals surface area contributed by atoms with E-state index in [2.05, 4.69) is 0 Å². The van der Waals surface area contributed by atoms with Crippen LogP contribution in [0.3, 0.4) is 0 Å². The smallest absolute Gasteiger partial charge is 0.409 e. The van der Waals surface area contributed by atoms with E-state index in [1.807, 2.05) is 27.7 Å². The van der Waals surface area contributed by atoms with E-state index in [4.69, 9.17) is 14.2 Å². The van der Waals surface area contributed by atoms with E-state index in [1.54, 1.807) is 4.90 Å². The van der Waals surface area contributed by atoms with E-state index in [9.17, 15) is 4.79 Å². The fraction of sp³-hybridized carbons (Fsp3) is 0.909. The van der Waals surface area contributed by atoms with Crippen LogP contribution in [0.1, 0.15) is 27.7 Å². The number of hydrogen-bond acceptors (Lipinski definition) is 4. The Labute approximate surface area is 96.6 Å². The summed E-state index contributed by atoms with van der Waals surface area (Å²) in [6.45, 7) is 9.56. The minimum atomic E-state index is -0.563. The van der Waals surface area contributed by atoms with Gasteiger partial charge in [-0.25, -0.2) is 4.79 Å². The third-order valence-electron chi connectivity index (χ3n) is 2.48. The SMILES string of the molecule is CCN(CC)C(=O)OC[C@H]1COC(C)(C)O1. The molecular weight excluding hydrogens is 210 g/mol. The van der Waals surface area contributed by atoms with Crippen LogP contribution < -0.4 is 0 Å². The number of carbonyl (C=O) groups excluding carboxylic acids is 1. The normalized spacial score (nSPS) is 23.1. The molecule has 94 valence electrons. The van der Waals surface area contributed by atoms with Crippen LogP contribution in [0.5, 0.6) is 0 Å². The largest absolute Gasteiger partial charge is 0.447 e. The Morgan fingerprint density at radius 2 is 2.06 bits per heavy atom. The molecule has 5 heteroatoms. The Bertz CT molecular complexity index is 238. The molecule has 1 saturated heterocycles. The Morgan fingerprint density at radius 3 is 2.50 bits per heavy atom. The second-order valence-corrected chi connectivity index (χ2v) is 4.20. The first-order chi connectivity index (χ1) is 7.48. The standard InChI is InChI=1S/C11H21NO4/c1-5-12(6-2)10(13)14-7-9-8-15-11(3,4)16-9/h9H,5-8H2,1-4H3/t9-/m0/s1. The minimum absolute atomic E-state index is 0.158. The summed E-state index contributed by atoms with van der Waals surface area (Å²) in [5.74, 6) is -0.563. The molecule has 1 rings (SSSR count). The van der Waals surface area contributed by atoms with Crippen molar-refractivity contribution in [1.82, 2.24) is 4.90 Å². The third-order valence-corrected chi connectivity index (χ3v) is 2.48. The number of rotatable bonds is 4. The molecule has 1 fully saturated rings. The van der Waals surface area contributed by atoms with Crippen LogP contribution in [0.2, 0.25) is 0 Å². The Balaban J connectivity index is 2.27. The number of ether oxygens (including phenoxy) is 3. The summed E-state index contributed by atoms with van der Waals surface area (Å²) in [5, 5.41) is 0. The van der Waals surface area contributed by atoms with Crippen LogP contribution in [0.4, 0.5) is 4.79 Å². The molecule has 5 nitrogen and oxygen atoms in total. The van der Waals surface area contributed by atoms with Gasteiger partial charge in [0.1, 0.15) is 12.7 Å². The van der Waals surface area contributed by atoms with Gasteiger partial charge in [-0.1, -0.05) is 0 Å². The van der Waals surface area contributed by atoms with Crippen LogP contribution >= 0.6 is 0 Å². The first-order valence-electron chi connectivity index (χ1n) is 5.72. The average Bonchev–Trinajstić information content (AvgIpc) is 2.57. The van der Waals surface area contributed by atoms with Gasteiger partial charge in [-0.05, 0) is 27.7 Å². The van der Waals surface area contributed by atoms with Gasteiger partial charge in [0.2, 0.25) is 0 Å². The monoisotopic (exact) mass is 231 g/mol. The zero-order valence-electron chi connectivity index (χ0n) is 10.5. The molecule has 0 aliphatic carbocycles. The molecule has 0 saturated carbocycles. The number of nitrogens with zero attached hydrogens (tertiary/aromatic N) is 1. The molecule has 16 heavy (non-hydrogen) atoms. The first-order valence-corrected chi connectivity index (χ1v) is 5.72. The Hall–Kier alpha value is -0.810. The molecule has 0 bridgehead atoms. The van der Waals surface area contributed by atoms with Crippen LogP contribution in [0, 0.1) is 0 Å². The Kier molecular flexibility index (Phi) is 4.56. The van der Waals surface area contributed by atoms with Crippen LogP contribution in [-0.2, 0) is 14.2 Å². The molecule has 0 aromatic carbocycles. The minimum Gasteiger partial charge on any atom is -0.447 e. The quantitative estimate of drug-likeness (QED) is 0.737. The van der Waals surface area contributed by atoms with E-state index < -0.39 is 5.79 Å². The second-order valence-electron chi connectivity index (χ2n) is 4.20. The van der Waals surface area contributed by atoms with Gasteiger partial charge in [-0.2, -0.15) is 0 Å². The maximum absolute atomic E-state index is 11.5. The first kappa shape index (κ1) is 13.3. The van der Waals surface area contributed by atoms with Crippen molar-refractivity contribution < 1.29 is 19.0 Å². The summed E-state index contributed by atoms with van der Waals surface area (Å²) in [5.41, 5.74) is 0. The van der Waals surface area contributed by atoms with Gasteiger partial charge in [0.15, 0.2) is 5.79 Å². The molecule has 1 atom stereocenters. The summed E-state index contributed by atoms with van der Waals surface area (Å²) in [4.78, 5) is 13.2. The predicted octanol–water partition coefficient (Wildman–Crippen LogP) is 1.62. The lowest BCUT2D eigenvalue weighted by Crippen LogP contribution is -2.34. The molecule has 0 aromatic heterocycles. The fourth-order valence-corrected chi connectivity index (χ4v) is 1.58. The van der Waals surface area contributed by atoms with Crippen LogP contribution in [-0.4, -0.2) is 49.2 Å². The van der Waals surface area contributed by atoms with Crippen molar-refractivity contribution in [2.45, 2.75) is 39.6 Å². The van der Waals surface area contributed by atoms with Crippen molar-refractivity contribution >= 4 is 6.09 Å². The lowest BCUT2D eigenvalue weighted by atomic mass is 10.4. The number of carbonyl (C=O) groups is 1. The molecule has 1 aliphatic heterocycles. The van der Waals surface area contributed by atoms with Crippen molar-refractivity contribution in [3.63, 3.8) is 0 Å². The van der Waals surface area contributed by atoms with Crippen molar-refractivity contribution in [3.8, 4) is 0 Å². The molecule has 1 amide bonds. The lowest BCUT2D eigenvalue weighted by Gasteiger charge is -2.20. The van der Waals surface area contributed by atoms with Gasteiger partial charge in [-0.15, -0.1) is 0 Å². The van der Waals surface area contributed by atoms with Crippen LogP contribution in [0.25, 0.3) is 0 Å². The number of hydrogen-bond donors (Lipinski definition) is 0. The van der Waals surface area contributed by atoms with Gasteiger partial charge in [-0.3, -0.25) is 0 Å². The zero-order chi connectivity index (χ0) is 12.2. The Morgan fingerprint density at radius 1 is 1.44 bits per heavy atom. The highest BCUT2D eigenvalue weighted by atomic mass is 16.7. The summed E-state index contributed by atoms with van der Waals surface area (Å²) in [6, 6.07) is 0. The van der Waals surface area contributed by atoms with Crippen LogP contribution in [0.15, 0.2) is 0 Å². The zero-order valence-corrected chi connectivity index (χ0v) is 10.5. The molecule has 0 radical (unpaired) electrons. The molecule has 1 aliphatic rings. The van der Waals surface area contributed by atoms with E-state index in [-0.39, 0.29) is 18.8 Å². The van der Waals surface area contributed by atoms with E-state index >= 15 is 0 Å². The summed E-state index contributed by atoms with van der Waals surface area (Å²) >= 11 is 0. The fourth-order valence-electron chi connectivity index (χ4n) is 1.58. The van der Waals surface area contributed by atoms with Gasteiger partial charge in [0, 0.05) is 13.1 Å². The summed E-state index contributed by atoms with van der Waals surface area (Å²) < 4.78 is 16.0. The molecule has 1 heterocycles. The van der Waals surface area contributed by atoms with Crippen molar-refractivity contribution in [1.29, 1.82) is 0 Å². The topological polar surface area (TPSA) is 48.0 Å². The third kappa shape index (κ3) is 3.64. The predicted molar refractivity (Wildman–Crippen MR) is 59.2 cm³/mol. The van der Waals surface area contributed by atoms with Gasteiger partial charge >= 0.3 is 6.09 Å². The lowest BCUT2D eigenvalue weighted by molar-refractivity contribution is -0.142. The number of amides is 1. The average molecular weight is 231 g/mol. The van der Waals surface area contributed by atoms with Gasteiger partial charge in [0.25, 0.3) is 0 Å². The van der Waals surface area contributed by atoms with Gasteiger partial charge < -0.3 is 19.1 Å². The molecule has 0 aromatic rings. The molecule has 0 spiro atoms. The summed E-state index contributed by atoms with van der Waals surface area (Å²) in [7, 11) is 0. The highest BCUT2D eigenvalue weighted by Crippen LogP contribution is 2.22. The highest BCUT2D eigenvalue weighted by Gasteiger charge is 2.33. The summed E-state index contributed by atoms with van der Waals surface area (Å²) in [6.07, 6.45) is -0.451. The van der Waals surface area contributed by atoms with Crippen molar-refractivity contribution in [2.24, 2.45) is 0 Å². The van der Waals surface area contributed by atoms with Crippen molar-refractivity contribution in [3.05, 3.63) is 0 Å². The van der Waals surface area contributed by atoms with Crippen molar-refractivity contribution in [2.75, 3.05) is 26.3 Å². The molecule has 0 N–H and O–H groups in total. The van der Waals surface area contributed by atoms with E-state index in [0.717, 1.165) is 0 Å². The maximum atomic E-state index is 11.5. The van der Waals surface area contributed by atoms with E-state index in [0.29, 0.717) is 19.7 Å².